The summed E-state index contributed by atoms with van der Waals surface area (Å²) in [6.07, 6.45) is 1.87. The largest absolute Gasteiger partial charge is 0.481 e. The fourth-order valence-electron chi connectivity index (χ4n) is 1.91. The molecule has 1 aliphatic heterocycles. The minimum atomic E-state index is -3.63. The molecule has 1 aromatic heterocycles. The third kappa shape index (κ3) is 3.11. The molecule has 0 aromatic carbocycles. The van der Waals surface area contributed by atoms with Crippen molar-refractivity contribution < 1.29 is 23.1 Å². The van der Waals surface area contributed by atoms with Gasteiger partial charge in [0, 0.05) is 26.3 Å². The molecule has 2 heterocycles. The Morgan fingerprint density at radius 2 is 2.37 bits per heavy atom. The molecule has 106 valence electrons. The number of hydrogen-bond acceptors (Lipinski definition) is 5. The van der Waals surface area contributed by atoms with Gasteiger partial charge in [-0.05, 0) is 0 Å². The Morgan fingerprint density at radius 1 is 1.63 bits per heavy atom. The summed E-state index contributed by atoms with van der Waals surface area (Å²) in [7, 11) is -2.00. The standard InChI is InChI=1S/C10H15N3O5S/c1-12-7-9(5-11-12)19(16,17)13-2-3-18-8(6-13)4-10(14)15/h5,7-8H,2-4,6H2,1H3,(H,14,15). The highest BCUT2D eigenvalue weighted by Crippen LogP contribution is 2.19. The summed E-state index contributed by atoms with van der Waals surface area (Å²) in [5.41, 5.74) is 0. The molecule has 0 spiro atoms. The fourth-order valence-corrected chi connectivity index (χ4v) is 3.35. The smallest absolute Gasteiger partial charge is 0.306 e. The second-order valence-corrected chi connectivity index (χ2v) is 6.24. The molecule has 2 rings (SSSR count). The van der Waals surface area contributed by atoms with Crippen molar-refractivity contribution in [1.82, 2.24) is 14.1 Å². The van der Waals surface area contributed by atoms with Gasteiger partial charge in [0.25, 0.3) is 0 Å². The molecule has 1 saturated heterocycles. The first kappa shape index (κ1) is 14.0. The van der Waals surface area contributed by atoms with E-state index >= 15 is 0 Å². The normalized spacial score (nSPS) is 21.4. The van der Waals surface area contributed by atoms with Gasteiger partial charge in [-0.25, -0.2) is 8.42 Å². The summed E-state index contributed by atoms with van der Waals surface area (Å²) in [5.74, 6) is -1.01. The van der Waals surface area contributed by atoms with E-state index in [2.05, 4.69) is 5.10 Å². The lowest BCUT2D eigenvalue weighted by Crippen LogP contribution is -2.46. The molecular formula is C10H15N3O5S. The fraction of sp³-hybridized carbons (Fsp3) is 0.600. The lowest BCUT2D eigenvalue weighted by Gasteiger charge is -2.31. The molecule has 1 atom stereocenters. The zero-order chi connectivity index (χ0) is 14.0. The van der Waals surface area contributed by atoms with E-state index < -0.39 is 22.1 Å². The number of morpholine rings is 1. The lowest BCUT2D eigenvalue weighted by molar-refractivity contribution is -0.141. The summed E-state index contributed by atoms with van der Waals surface area (Å²) in [6, 6.07) is 0. The van der Waals surface area contributed by atoms with E-state index in [9.17, 15) is 13.2 Å². The molecule has 0 bridgehead atoms. The highest BCUT2D eigenvalue weighted by atomic mass is 32.2. The summed E-state index contributed by atoms with van der Waals surface area (Å²) in [4.78, 5) is 10.7. The second-order valence-electron chi connectivity index (χ2n) is 4.30. The minimum absolute atomic E-state index is 0.0452. The van der Waals surface area contributed by atoms with Gasteiger partial charge in [0.15, 0.2) is 0 Å². The number of aromatic nitrogens is 2. The van der Waals surface area contributed by atoms with Crippen LogP contribution in [0.2, 0.25) is 0 Å². The Bertz CT molecular complexity index is 567. The van der Waals surface area contributed by atoms with Crippen molar-refractivity contribution in [1.29, 1.82) is 0 Å². The van der Waals surface area contributed by atoms with Crippen LogP contribution < -0.4 is 0 Å². The van der Waals surface area contributed by atoms with Crippen molar-refractivity contribution in [2.24, 2.45) is 7.05 Å². The van der Waals surface area contributed by atoms with Crippen molar-refractivity contribution in [3.8, 4) is 0 Å². The number of sulfonamides is 1. The average molecular weight is 289 g/mol. The number of hydrogen-bond donors (Lipinski definition) is 1. The van der Waals surface area contributed by atoms with Gasteiger partial charge in [0.2, 0.25) is 10.0 Å². The van der Waals surface area contributed by atoms with E-state index in [0.29, 0.717) is 0 Å². The van der Waals surface area contributed by atoms with E-state index in [0.717, 1.165) is 0 Å². The van der Waals surface area contributed by atoms with Gasteiger partial charge in [0.05, 0.1) is 25.3 Å². The maximum absolute atomic E-state index is 12.3. The monoisotopic (exact) mass is 289 g/mol. The van der Waals surface area contributed by atoms with Crippen LogP contribution >= 0.6 is 0 Å². The molecule has 1 unspecified atom stereocenters. The van der Waals surface area contributed by atoms with Crippen molar-refractivity contribution in [2.45, 2.75) is 17.4 Å². The van der Waals surface area contributed by atoms with E-state index in [1.807, 2.05) is 0 Å². The van der Waals surface area contributed by atoms with Crippen LogP contribution in [0, 0.1) is 0 Å². The third-order valence-corrected chi connectivity index (χ3v) is 4.64. The van der Waals surface area contributed by atoms with Gasteiger partial charge in [-0.15, -0.1) is 0 Å². The van der Waals surface area contributed by atoms with Crippen LogP contribution in [-0.4, -0.2) is 59.4 Å². The van der Waals surface area contributed by atoms with Crippen LogP contribution in [-0.2, 0) is 26.6 Å². The molecule has 8 nitrogen and oxygen atoms in total. The molecule has 19 heavy (non-hydrogen) atoms. The van der Waals surface area contributed by atoms with Gasteiger partial charge in [-0.1, -0.05) is 0 Å². The molecule has 9 heteroatoms. The van der Waals surface area contributed by atoms with Crippen molar-refractivity contribution in [3.05, 3.63) is 12.4 Å². The number of carboxylic acid groups (broad SMARTS) is 1. The van der Waals surface area contributed by atoms with E-state index in [4.69, 9.17) is 9.84 Å². The van der Waals surface area contributed by atoms with Crippen molar-refractivity contribution in [3.63, 3.8) is 0 Å². The number of carbonyl (C=O) groups is 1. The second kappa shape index (κ2) is 5.27. The number of rotatable bonds is 4. The predicted molar refractivity (Wildman–Crippen MR) is 64.0 cm³/mol. The highest BCUT2D eigenvalue weighted by molar-refractivity contribution is 7.89. The number of aliphatic carboxylic acids is 1. The Labute approximate surface area is 110 Å². The van der Waals surface area contributed by atoms with Crippen LogP contribution in [0.15, 0.2) is 17.3 Å². The predicted octanol–water partition coefficient (Wildman–Crippen LogP) is -0.716. The van der Waals surface area contributed by atoms with Gasteiger partial charge in [-0.3, -0.25) is 9.48 Å². The Kier molecular flexibility index (Phi) is 3.88. The average Bonchev–Trinajstić information content (AvgIpc) is 2.76. The first-order valence-electron chi connectivity index (χ1n) is 5.72. The lowest BCUT2D eigenvalue weighted by atomic mass is 10.2. The van der Waals surface area contributed by atoms with Gasteiger partial charge >= 0.3 is 5.97 Å². The maximum atomic E-state index is 12.3. The number of carboxylic acids is 1. The summed E-state index contributed by atoms with van der Waals surface area (Å²) in [5, 5.41) is 12.5. The summed E-state index contributed by atoms with van der Waals surface area (Å²) < 4.78 is 32.5. The molecule has 1 N–H and O–H groups in total. The van der Waals surface area contributed by atoms with Crippen LogP contribution in [0.1, 0.15) is 6.42 Å². The van der Waals surface area contributed by atoms with Gasteiger partial charge < -0.3 is 9.84 Å². The van der Waals surface area contributed by atoms with Crippen LogP contribution in [0.4, 0.5) is 0 Å². The molecular weight excluding hydrogens is 274 g/mol. The quantitative estimate of drug-likeness (QED) is 0.785. The summed E-state index contributed by atoms with van der Waals surface area (Å²) in [6.45, 7) is 0.453. The van der Waals surface area contributed by atoms with Crippen LogP contribution in [0.5, 0.6) is 0 Å². The number of nitrogens with zero attached hydrogens (tertiary/aromatic N) is 3. The zero-order valence-corrected chi connectivity index (χ0v) is 11.2. The van der Waals surface area contributed by atoms with E-state index in [1.165, 1.54) is 21.4 Å². The van der Waals surface area contributed by atoms with Crippen LogP contribution in [0.3, 0.4) is 0 Å². The zero-order valence-electron chi connectivity index (χ0n) is 10.4. The molecule has 0 saturated carbocycles. The van der Waals surface area contributed by atoms with Gasteiger partial charge in [0.1, 0.15) is 4.90 Å². The SMILES string of the molecule is Cn1cc(S(=O)(=O)N2CCOC(CC(=O)O)C2)cn1. The van der Waals surface area contributed by atoms with Gasteiger partial charge in [-0.2, -0.15) is 9.40 Å². The van der Waals surface area contributed by atoms with Crippen molar-refractivity contribution >= 4 is 16.0 Å². The number of ether oxygens (including phenoxy) is 1. The molecule has 1 aliphatic rings. The molecule has 0 radical (unpaired) electrons. The summed E-state index contributed by atoms with van der Waals surface area (Å²) >= 11 is 0. The minimum Gasteiger partial charge on any atom is -0.481 e. The highest BCUT2D eigenvalue weighted by Gasteiger charge is 2.32. The Hall–Kier alpha value is -1.45. The van der Waals surface area contributed by atoms with Crippen LogP contribution in [0.25, 0.3) is 0 Å². The van der Waals surface area contributed by atoms with E-state index in [1.54, 1.807) is 7.05 Å². The first-order chi connectivity index (χ1) is 8.89. The topological polar surface area (TPSA) is 102 Å². The van der Waals surface area contributed by atoms with E-state index in [-0.39, 0.29) is 31.0 Å². The Morgan fingerprint density at radius 3 is 2.95 bits per heavy atom. The first-order valence-corrected chi connectivity index (χ1v) is 7.16. The number of aryl methyl sites for hydroxylation is 1. The Balaban J connectivity index is 2.14. The molecule has 1 fully saturated rings. The third-order valence-electron chi connectivity index (χ3n) is 2.82. The molecule has 0 aliphatic carbocycles. The molecule has 0 amide bonds. The van der Waals surface area contributed by atoms with Crippen molar-refractivity contribution in [2.75, 3.05) is 19.7 Å². The maximum Gasteiger partial charge on any atom is 0.306 e. The molecule has 1 aromatic rings.